The van der Waals surface area contributed by atoms with Crippen molar-refractivity contribution in [3.05, 3.63) is 42.7 Å². The molecule has 1 aliphatic rings. The van der Waals surface area contributed by atoms with Crippen molar-refractivity contribution >= 4 is 5.69 Å². The van der Waals surface area contributed by atoms with Gasteiger partial charge < -0.3 is 5.32 Å². The summed E-state index contributed by atoms with van der Waals surface area (Å²) in [7, 11) is 0. The van der Waals surface area contributed by atoms with Crippen LogP contribution in [-0.2, 0) is 0 Å². The van der Waals surface area contributed by atoms with Gasteiger partial charge in [-0.1, -0.05) is 20.8 Å². The Balaban J connectivity index is 1.68. The van der Waals surface area contributed by atoms with Gasteiger partial charge in [0.15, 0.2) is 0 Å². The topological polar surface area (TPSA) is 29.9 Å². The highest BCUT2D eigenvalue weighted by molar-refractivity contribution is 5.49. The van der Waals surface area contributed by atoms with Gasteiger partial charge in [0.2, 0.25) is 0 Å². The Hall–Kier alpha value is -1.77. The fourth-order valence-electron chi connectivity index (χ4n) is 3.82. The molecule has 3 rings (SSSR count). The van der Waals surface area contributed by atoms with Gasteiger partial charge in [0.25, 0.3) is 0 Å². The van der Waals surface area contributed by atoms with E-state index >= 15 is 0 Å². The van der Waals surface area contributed by atoms with E-state index in [0.29, 0.717) is 11.5 Å². The highest BCUT2D eigenvalue weighted by atomic mass is 15.3. The quantitative estimate of drug-likeness (QED) is 0.899. The van der Waals surface area contributed by atoms with Crippen LogP contribution in [0.15, 0.2) is 42.7 Å². The zero-order chi connectivity index (χ0) is 14.9. The monoisotopic (exact) mass is 283 g/mol. The number of nitrogens with one attached hydrogen (secondary N) is 1. The number of benzene rings is 1. The van der Waals surface area contributed by atoms with E-state index in [2.05, 4.69) is 55.5 Å². The molecule has 0 saturated heterocycles. The fraction of sp³-hybridized carbons (Fsp3) is 0.500. The lowest BCUT2D eigenvalue weighted by atomic mass is 9.70. The molecule has 1 heterocycles. The van der Waals surface area contributed by atoms with E-state index in [1.54, 1.807) is 6.20 Å². The first-order valence-electron chi connectivity index (χ1n) is 7.88. The highest BCUT2D eigenvalue weighted by Crippen LogP contribution is 2.39. The van der Waals surface area contributed by atoms with E-state index in [-0.39, 0.29) is 0 Å². The molecule has 3 heteroatoms. The molecular weight excluding hydrogens is 258 g/mol. The van der Waals surface area contributed by atoms with Crippen LogP contribution in [0.2, 0.25) is 0 Å². The minimum absolute atomic E-state index is 0.449. The maximum atomic E-state index is 4.26. The predicted molar refractivity (Wildman–Crippen MR) is 87.8 cm³/mol. The average molecular weight is 283 g/mol. The van der Waals surface area contributed by atoms with Crippen LogP contribution in [0.5, 0.6) is 0 Å². The van der Waals surface area contributed by atoms with Gasteiger partial charge in [-0.3, -0.25) is 0 Å². The van der Waals surface area contributed by atoms with E-state index in [4.69, 9.17) is 0 Å². The summed E-state index contributed by atoms with van der Waals surface area (Å²) in [5.74, 6) is 0.801. The molecule has 0 spiro atoms. The molecule has 2 atom stereocenters. The third kappa shape index (κ3) is 3.46. The summed E-state index contributed by atoms with van der Waals surface area (Å²) in [6.07, 6.45) is 7.62. The van der Waals surface area contributed by atoms with Gasteiger partial charge in [-0.05, 0) is 60.9 Å². The van der Waals surface area contributed by atoms with Crippen LogP contribution in [0.4, 0.5) is 5.69 Å². The van der Waals surface area contributed by atoms with E-state index in [1.807, 2.05) is 16.9 Å². The van der Waals surface area contributed by atoms with Gasteiger partial charge >= 0.3 is 0 Å². The van der Waals surface area contributed by atoms with E-state index < -0.39 is 0 Å². The largest absolute Gasteiger partial charge is 0.382 e. The molecule has 1 saturated carbocycles. The van der Waals surface area contributed by atoms with Crippen LogP contribution in [0.25, 0.3) is 5.69 Å². The first-order chi connectivity index (χ1) is 10.0. The lowest BCUT2D eigenvalue weighted by molar-refractivity contribution is 0.178. The first kappa shape index (κ1) is 14.2. The summed E-state index contributed by atoms with van der Waals surface area (Å²) in [6.45, 7) is 7.15. The normalized spacial score (nSPS) is 24.7. The summed E-state index contributed by atoms with van der Waals surface area (Å²) in [5.41, 5.74) is 2.76. The van der Waals surface area contributed by atoms with Crippen molar-refractivity contribution in [2.45, 2.75) is 46.1 Å². The third-order valence-corrected chi connectivity index (χ3v) is 4.39. The second-order valence-electron chi connectivity index (χ2n) is 7.25. The highest BCUT2D eigenvalue weighted by Gasteiger charge is 2.31. The van der Waals surface area contributed by atoms with Gasteiger partial charge in [0, 0.05) is 24.1 Å². The Morgan fingerprint density at radius 3 is 2.57 bits per heavy atom. The molecule has 3 nitrogen and oxygen atoms in total. The molecule has 1 N–H and O–H groups in total. The number of aromatic nitrogens is 2. The number of hydrogen-bond donors (Lipinski definition) is 1. The van der Waals surface area contributed by atoms with Crippen molar-refractivity contribution in [1.82, 2.24) is 9.78 Å². The fourth-order valence-corrected chi connectivity index (χ4v) is 3.82. The van der Waals surface area contributed by atoms with Crippen molar-refractivity contribution in [3.63, 3.8) is 0 Å². The second-order valence-corrected chi connectivity index (χ2v) is 7.25. The summed E-state index contributed by atoms with van der Waals surface area (Å²) in [5, 5.41) is 7.97. The smallest absolute Gasteiger partial charge is 0.0647 e. The third-order valence-electron chi connectivity index (χ3n) is 4.39. The summed E-state index contributed by atoms with van der Waals surface area (Å²) in [6, 6.07) is 11.1. The van der Waals surface area contributed by atoms with Crippen molar-refractivity contribution in [3.8, 4) is 5.69 Å². The molecule has 0 radical (unpaired) electrons. The van der Waals surface area contributed by atoms with E-state index in [9.17, 15) is 0 Å². The van der Waals surface area contributed by atoms with Crippen LogP contribution < -0.4 is 5.32 Å². The Labute approximate surface area is 127 Å². The van der Waals surface area contributed by atoms with E-state index in [1.165, 1.54) is 24.9 Å². The predicted octanol–water partition coefficient (Wildman–Crippen LogP) is 4.50. The Kier molecular flexibility index (Phi) is 3.75. The van der Waals surface area contributed by atoms with Crippen LogP contribution in [0.1, 0.15) is 40.0 Å². The number of nitrogens with zero attached hydrogens (tertiary/aromatic N) is 2. The molecule has 2 aromatic rings. The Morgan fingerprint density at radius 2 is 1.95 bits per heavy atom. The summed E-state index contributed by atoms with van der Waals surface area (Å²) >= 11 is 0. The van der Waals surface area contributed by atoms with Gasteiger partial charge in [0.1, 0.15) is 0 Å². The zero-order valence-corrected chi connectivity index (χ0v) is 13.2. The maximum Gasteiger partial charge on any atom is 0.0647 e. The van der Waals surface area contributed by atoms with Crippen molar-refractivity contribution in [2.24, 2.45) is 11.3 Å². The van der Waals surface area contributed by atoms with Crippen LogP contribution in [0, 0.1) is 11.3 Å². The molecule has 0 bridgehead atoms. The number of hydrogen-bond acceptors (Lipinski definition) is 2. The van der Waals surface area contributed by atoms with Gasteiger partial charge in [0.05, 0.1) is 5.69 Å². The lowest BCUT2D eigenvalue weighted by Gasteiger charge is -2.39. The van der Waals surface area contributed by atoms with Crippen LogP contribution >= 0.6 is 0 Å². The Morgan fingerprint density at radius 1 is 1.19 bits per heavy atom. The molecule has 112 valence electrons. The van der Waals surface area contributed by atoms with Gasteiger partial charge in [-0.15, -0.1) is 0 Å². The Bertz CT molecular complexity index is 569. The molecule has 1 aromatic carbocycles. The zero-order valence-electron chi connectivity index (χ0n) is 13.2. The minimum Gasteiger partial charge on any atom is -0.382 e. The van der Waals surface area contributed by atoms with Crippen molar-refractivity contribution in [1.29, 1.82) is 0 Å². The molecule has 1 aromatic heterocycles. The number of anilines is 1. The molecule has 0 amide bonds. The minimum atomic E-state index is 0.449. The molecule has 1 aliphatic carbocycles. The molecule has 21 heavy (non-hydrogen) atoms. The van der Waals surface area contributed by atoms with Crippen molar-refractivity contribution in [2.75, 3.05) is 5.32 Å². The molecule has 2 unspecified atom stereocenters. The standard InChI is InChI=1S/C18H25N3/c1-14-11-16(13-18(2,3)12-14)20-15-5-7-17(8-6-15)21-10-4-9-19-21/h4-10,14,16,20H,11-13H2,1-3H3. The average Bonchev–Trinajstić information content (AvgIpc) is 2.91. The van der Waals surface area contributed by atoms with Crippen LogP contribution in [-0.4, -0.2) is 15.8 Å². The molecule has 0 aliphatic heterocycles. The maximum absolute atomic E-state index is 4.26. The second kappa shape index (κ2) is 5.55. The number of rotatable bonds is 3. The molecular formula is C18H25N3. The SMILES string of the molecule is CC1CC(Nc2ccc(-n3cccn3)cc2)CC(C)(C)C1. The first-order valence-corrected chi connectivity index (χ1v) is 7.88. The summed E-state index contributed by atoms with van der Waals surface area (Å²) in [4.78, 5) is 0. The van der Waals surface area contributed by atoms with E-state index in [0.717, 1.165) is 11.6 Å². The van der Waals surface area contributed by atoms with Crippen molar-refractivity contribution < 1.29 is 0 Å². The van der Waals surface area contributed by atoms with Gasteiger partial charge in [-0.2, -0.15) is 5.10 Å². The summed E-state index contributed by atoms with van der Waals surface area (Å²) < 4.78 is 1.88. The van der Waals surface area contributed by atoms with Crippen LogP contribution in [0.3, 0.4) is 0 Å². The van der Waals surface area contributed by atoms with Gasteiger partial charge in [-0.25, -0.2) is 4.68 Å². The molecule has 1 fully saturated rings. The lowest BCUT2D eigenvalue weighted by Crippen LogP contribution is -2.35.